The van der Waals surface area contributed by atoms with Crippen molar-refractivity contribution in [1.29, 1.82) is 0 Å². The molecule has 0 bridgehead atoms. The van der Waals surface area contributed by atoms with Crippen LogP contribution in [0.5, 0.6) is 0 Å². The van der Waals surface area contributed by atoms with Crippen LogP contribution in [0.2, 0.25) is 0 Å². The Morgan fingerprint density at radius 3 is 2.62 bits per heavy atom. The molecule has 1 aromatic heterocycles. The van der Waals surface area contributed by atoms with Gasteiger partial charge in [0, 0.05) is 43.7 Å². The van der Waals surface area contributed by atoms with Gasteiger partial charge in [-0.25, -0.2) is 4.79 Å². The molecular weight excluding hydrogens is 470 g/mol. The van der Waals surface area contributed by atoms with E-state index in [0.717, 1.165) is 37.1 Å². The van der Waals surface area contributed by atoms with Gasteiger partial charge in [-0.1, -0.05) is 39.8 Å². The second kappa shape index (κ2) is 11.2. The maximum absolute atomic E-state index is 13.1. The van der Waals surface area contributed by atoms with Gasteiger partial charge >= 0.3 is 5.97 Å². The molecule has 2 aliphatic rings. The molecule has 37 heavy (non-hydrogen) atoms. The molecule has 2 aromatic rings. The van der Waals surface area contributed by atoms with E-state index in [-0.39, 0.29) is 23.7 Å². The molecule has 3 heterocycles. The lowest BCUT2D eigenvalue weighted by molar-refractivity contribution is 0.0145. The van der Waals surface area contributed by atoms with Gasteiger partial charge < -0.3 is 14.8 Å². The molecule has 0 unspecified atom stereocenters. The van der Waals surface area contributed by atoms with Gasteiger partial charge in [-0.05, 0) is 49.7 Å². The molecule has 0 saturated carbocycles. The molecule has 1 saturated heterocycles. The zero-order valence-electron chi connectivity index (χ0n) is 22.5. The molecule has 1 amide bonds. The van der Waals surface area contributed by atoms with Crippen LogP contribution in [-0.4, -0.2) is 53.8 Å². The number of hydrogen-bond donors (Lipinski definition) is 1. The van der Waals surface area contributed by atoms with Crippen LogP contribution >= 0.6 is 0 Å². The minimum Gasteiger partial charge on any atom is -0.461 e. The number of carbonyl (C=O) groups is 3. The van der Waals surface area contributed by atoms with Crippen LogP contribution in [0.15, 0.2) is 24.3 Å². The summed E-state index contributed by atoms with van der Waals surface area (Å²) in [5, 5.41) is 8.00. The summed E-state index contributed by atoms with van der Waals surface area (Å²) in [6.07, 6.45) is 4.45. The Labute approximate surface area is 219 Å². The number of benzene rings is 1. The Bertz CT molecular complexity index is 1160. The molecule has 1 fully saturated rings. The molecule has 8 heteroatoms. The fourth-order valence-electron chi connectivity index (χ4n) is 5.29. The number of nitrogens with zero attached hydrogens (tertiary/aromatic N) is 2. The van der Waals surface area contributed by atoms with Crippen molar-refractivity contribution in [2.24, 2.45) is 10.8 Å². The molecule has 1 N–H and O–H groups in total. The predicted molar refractivity (Wildman–Crippen MR) is 140 cm³/mol. The Hall–Kier alpha value is -3.00. The van der Waals surface area contributed by atoms with Crippen LogP contribution in [0.1, 0.15) is 95.8 Å². The summed E-state index contributed by atoms with van der Waals surface area (Å²) < 4.78 is 13.3. The minimum absolute atomic E-state index is 0.0231. The first-order valence-corrected chi connectivity index (χ1v) is 13.4. The second-order valence-electron chi connectivity index (χ2n) is 11.2. The van der Waals surface area contributed by atoms with Gasteiger partial charge in [-0.3, -0.25) is 14.3 Å². The van der Waals surface area contributed by atoms with Crippen molar-refractivity contribution in [3.63, 3.8) is 0 Å². The van der Waals surface area contributed by atoms with Crippen LogP contribution in [0.3, 0.4) is 0 Å². The lowest BCUT2D eigenvalue weighted by atomic mass is 9.76. The highest BCUT2D eigenvalue weighted by Gasteiger charge is 2.40. The number of ketones is 1. The largest absolute Gasteiger partial charge is 0.461 e. The number of hydrogen-bond acceptors (Lipinski definition) is 6. The Morgan fingerprint density at radius 1 is 1.19 bits per heavy atom. The summed E-state index contributed by atoms with van der Waals surface area (Å²) in [6, 6.07) is 6.73. The molecule has 8 nitrogen and oxygen atoms in total. The number of esters is 1. The highest BCUT2D eigenvalue weighted by molar-refractivity contribution is 5.99. The third-order valence-corrected chi connectivity index (χ3v) is 7.48. The topological polar surface area (TPSA) is 99.5 Å². The standard InChI is InChI=1S/C29H39N3O5/c1-5-8-24(33)20-9-7-10-21(15-20)27(35)37-19-28(3,4)18-32-23-16-29(11-13-36-14-12-29)17-30-26(34)25(23)22(6-2)31-32/h7,9-10,15H,5-6,8,11-14,16-19H2,1-4H3,(H,30,34). The van der Waals surface area contributed by atoms with E-state index in [1.807, 2.05) is 32.4 Å². The Kier molecular flexibility index (Phi) is 8.17. The number of rotatable bonds is 9. The number of nitrogens with one attached hydrogen (secondary N) is 1. The third-order valence-electron chi connectivity index (χ3n) is 7.48. The summed E-state index contributed by atoms with van der Waals surface area (Å²) >= 11 is 0. The Balaban J connectivity index is 1.50. The fraction of sp³-hybridized carbons (Fsp3) is 0.586. The molecule has 1 aromatic carbocycles. The fourth-order valence-corrected chi connectivity index (χ4v) is 5.29. The van der Waals surface area contributed by atoms with Crippen LogP contribution in [0, 0.1) is 10.8 Å². The number of amides is 1. The van der Waals surface area contributed by atoms with Gasteiger partial charge in [0.2, 0.25) is 0 Å². The van der Waals surface area contributed by atoms with Crippen LogP contribution in [-0.2, 0) is 28.9 Å². The molecule has 0 atom stereocenters. The van der Waals surface area contributed by atoms with Crippen LogP contribution < -0.4 is 5.32 Å². The number of ether oxygens (including phenoxy) is 2. The van der Waals surface area contributed by atoms with E-state index >= 15 is 0 Å². The van der Waals surface area contributed by atoms with Gasteiger partial charge in [0.05, 0.1) is 29.1 Å². The first kappa shape index (κ1) is 27.0. The lowest BCUT2D eigenvalue weighted by Gasteiger charge is -2.36. The summed E-state index contributed by atoms with van der Waals surface area (Å²) in [6.45, 7) is 10.8. The zero-order valence-corrected chi connectivity index (χ0v) is 22.5. The summed E-state index contributed by atoms with van der Waals surface area (Å²) in [5.74, 6) is -0.480. The first-order chi connectivity index (χ1) is 17.7. The molecule has 200 valence electrons. The average molecular weight is 510 g/mol. The van der Waals surface area contributed by atoms with E-state index in [1.54, 1.807) is 24.3 Å². The van der Waals surface area contributed by atoms with E-state index in [4.69, 9.17) is 14.6 Å². The maximum Gasteiger partial charge on any atom is 0.338 e. The van der Waals surface area contributed by atoms with Gasteiger partial charge in [-0.2, -0.15) is 5.10 Å². The van der Waals surface area contributed by atoms with Gasteiger partial charge in [0.15, 0.2) is 5.78 Å². The van der Waals surface area contributed by atoms with E-state index in [2.05, 4.69) is 5.32 Å². The number of Topliss-reactive ketones (excluding diaryl/α,β-unsaturated/α-hetero) is 1. The summed E-state index contributed by atoms with van der Waals surface area (Å²) in [4.78, 5) is 38.2. The number of fused-ring (bicyclic) bond motifs is 1. The monoisotopic (exact) mass is 509 g/mol. The van der Waals surface area contributed by atoms with Crippen LogP contribution in [0.25, 0.3) is 0 Å². The normalized spacial score (nSPS) is 17.1. The smallest absolute Gasteiger partial charge is 0.338 e. The van der Waals surface area contributed by atoms with Crippen molar-refractivity contribution in [1.82, 2.24) is 15.1 Å². The van der Waals surface area contributed by atoms with Gasteiger partial charge in [-0.15, -0.1) is 0 Å². The zero-order chi connectivity index (χ0) is 26.6. The quantitative estimate of drug-likeness (QED) is 0.397. The number of aromatic nitrogens is 2. The third kappa shape index (κ3) is 6.12. The highest BCUT2D eigenvalue weighted by atomic mass is 16.5. The van der Waals surface area contributed by atoms with Gasteiger partial charge in [0.1, 0.15) is 0 Å². The first-order valence-electron chi connectivity index (χ1n) is 13.4. The predicted octanol–water partition coefficient (Wildman–Crippen LogP) is 4.39. The molecule has 0 aliphatic carbocycles. The van der Waals surface area contributed by atoms with E-state index in [0.29, 0.717) is 55.8 Å². The van der Waals surface area contributed by atoms with Crippen molar-refractivity contribution in [3.8, 4) is 0 Å². The van der Waals surface area contributed by atoms with E-state index < -0.39 is 11.4 Å². The highest BCUT2D eigenvalue weighted by Crippen LogP contribution is 2.38. The lowest BCUT2D eigenvalue weighted by Crippen LogP contribution is -2.41. The molecule has 0 radical (unpaired) electrons. The Morgan fingerprint density at radius 2 is 1.92 bits per heavy atom. The van der Waals surface area contributed by atoms with E-state index in [9.17, 15) is 14.4 Å². The molecular formula is C29H39N3O5. The summed E-state index contributed by atoms with van der Waals surface area (Å²) in [5.41, 5.74) is 2.92. The number of aryl methyl sites for hydroxylation is 1. The minimum atomic E-state index is -0.451. The van der Waals surface area contributed by atoms with Crippen molar-refractivity contribution in [3.05, 3.63) is 52.3 Å². The average Bonchev–Trinajstić information content (AvgIpc) is 3.15. The molecule has 1 spiro atoms. The maximum atomic E-state index is 13.1. The number of carbonyl (C=O) groups excluding carboxylic acids is 3. The van der Waals surface area contributed by atoms with Crippen LogP contribution in [0.4, 0.5) is 0 Å². The second-order valence-corrected chi connectivity index (χ2v) is 11.2. The van der Waals surface area contributed by atoms with Crippen molar-refractivity contribution < 1.29 is 23.9 Å². The SMILES string of the molecule is CCCC(=O)c1cccc(C(=O)OCC(C)(C)Cn2nc(CC)c3c2CC2(CCOCC2)CNC3=O)c1. The van der Waals surface area contributed by atoms with E-state index in [1.165, 1.54) is 0 Å². The molecule has 2 aliphatic heterocycles. The van der Waals surface area contributed by atoms with Gasteiger partial charge in [0.25, 0.3) is 5.91 Å². The summed E-state index contributed by atoms with van der Waals surface area (Å²) in [7, 11) is 0. The van der Waals surface area contributed by atoms with Crippen molar-refractivity contribution >= 4 is 17.7 Å². The molecule has 4 rings (SSSR count). The van der Waals surface area contributed by atoms with Crippen molar-refractivity contribution in [2.45, 2.75) is 72.8 Å². The van der Waals surface area contributed by atoms with Crippen molar-refractivity contribution in [2.75, 3.05) is 26.4 Å².